The molecule has 0 aliphatic rings. The lowest BCUT2D eigenvalue weighted by molar-refractivity contribution is 0.0661. The first-order valence-corrected chi connectivity index (χ1v) is 6.69. The molecular weight excluding hydrogens is 345 g/mol. The second kappa shape index (κ2) is 5.51. The number of carbonyl (C=O) groups is 1. The average molecular weight is 357 g/mol. The first kappa shape index (κ1) is 13.1. The van der Waals surface area contributed by atoms with Crippen molar-refractivity contribution in [3.8, 4) is 11.5 Å². The number of rotatable bonds is 4. The summed E-state index contributed by atoms with van der Waals surface area (Å²) < 4.78 is 6.36. The van der Waals surface area contributed by atoms with E-state index in [-0.39, 0.29) is 5.76 Å². The largest absolute Gasteiger partial charge is 0.475 e. The highest BCUT2D eigenvalue weighted by Gasteiger charge is 2.20. The fourth-order valence-electron chi connectivity index (χ4n) is 1.67. The van der Waals surface area contributed by atoms with Crippen LogP contribution in [-0.4, -0.2) is 16.1 Å². The van der Waals surface area contributed by atoms with Crippen molar-refractivity contribution in [1.29, 1.82) is 0 Å². The molecule has 0 radical (unpaired) electrons. The summed E-state index contributed by atoms with van der Waals surface area (Å²) in [4.78, 5) is 15.4. The third kappa shape index (κ3) is 2.55. The molecule has 0 aliphatic carbocycles. The van der Waals surface area contributed by atoms with Crippen LogP contribution in [0.5, 0.6) is 0 Å². The maximum Gasteiger partial charge on any atom is 0.373 e. The van der Waals surface area contributed by atoms with Gasteiger partial charge in [0, 0.05) is 3.57 Å². The van der Waals surface area contributed by atoms with Gasteiger partial charge in [-0.2, -0.15) is 0 Å². The third-order valence-corrected chi connectivity index (χ3v) is 3.42. The summed E-state index contributed by atoms with van der Waals surface area (Å²) in [6.45, 7) is 1.98. The van der Waals surface area contributed by atoms with Crippen molar-refractivity contribution in [2.75, 3.05) is 0 Å². The second-order valence-electron chi connectivity index (χ2n) is 3.83. The minimum absolute atomic E-state index is 0.0495. The topological polar surface area (TPSA) is 63.3 Å². The molecular formula is C13H12INO3. The molecule has 0 aliphatic heterocycles. The van der Waals surface area contributed by atoms with Gasteiger partial charge in [0.15, 0.2) is 0 Å². The number of halogens is 1. The fourth-order valence-corrected chi connectivity index (χ4v) is 2.29. The molecule has 1 aromatic heterocycles. The Balaban J connectivity index is 2.50. The summed E-state index contributed by atoms with van der Waals surface area (Å²) in [6, 6.07) is 7.59. The quantitative estimate of drug-likeness (QED) is 0.850. The van der Waals surface area contributed by atoms with E-state index in [4.69, 9.17) is 9.52 Å². The number of hydrogen-bond acceptors (Lipinski definition) is 3. The maximum atomic E-state index is 11.1. The molecule has 1 N–H and O–H groups in total. The van der Waals surface area contributed by atoms with Crippen LogP contribution in [0.2, 0.25) is 0 Å². The molecule has 0 atom stereocenters. The lowest BCUT2D eigenvalue weighted by Crippen LogP contribution is -1.99. The normalized spacial score (nSPS) is 10.6. The average Bonchev–Trinajstić information content (AvgIpc) is 2.74. The van der Waals surface area contributed by atoms with Crippen LogP contribution in [0, 0.1) is 3.57 Å². The van der Waals surface area contributed by atoms with Crippen LogP contribution in [0.3, 0.4) is 0 Å². The number of hydrogen-bond donors (Lipinski definition) is 1. The van der Waals surface area contributed by atoms with Crippen molar-refractivity contribution >= 4 is 28.6 Å². The van der Waals surface area contributed by atoms with E-state index in [2.05, 4.69) is 27.6 Å². The molecule has 0 amide bonds. The van der Waals surface area contributed by atoms with Crippen LogP contribution in [0.15, 0.2) is 28.7 Å². The van der Waals surface area contributed by atoms with E-state index in [9.17, 15) is 4.79 Å². The van der Waals surface area contributed by atoms with Gasteiger partial charge in [0.05, 0.1) is 11.3 Å². The Hall–Kier alpha value is -1.37. The van der Waals surface area contributed by atoms with Gasteiger partial charge in [-0.1, -0.05) is 25.5 Å². The molecule has 2 aromatic rings. The lowest BCUT2D eigenvalue weighted by atomic mass is 10.2. The summed E-state index contributed by atoms with van der Waals surface area (Å²) >= 11 is 2.18. The van der Waals surface area contributed by atoms with E-state index in [0.717, 1.165) is 15.6 Å². The van der Waals surface area contributed by atoms with Crippen molar-refractivity contribution in [1.82, 2.24) is 4.98 Å². The highest BCUT2D eigenvalue weighted by atomic mass is 127. The number of aryl methyl sites for hydroxylation is 1. The molecule has 2 rings (SSSR count). The number of carboxylic acid groups (broad SMARTS) is 1. The highest BCUT2D eigenvalue weighted by Crippen LogP contribution is 2.27. The number of nitrogens with zero attached hydrogens (tertiary/aromatic N) is 1. The van der Waals surface area contributed by atoms with E-state index < -0.39 is 5.97 Å². The molecule has 0 saturated carbocycles. The Labute approximate surface area is 118 Å². The van der Waals surface area contributed by atoms with Gasteiger partial charge in [-0.05, 0) is 41.1 Å². The third-order valence-electron chi connectivity index (χ3n) is 2.48. The maximum absolute atomic E-state index is 11.1. The SMILES string of the molecule is CCCc1nc(-c2ccccc2I)oc1C(=O)O. The molecule has 18 heavy (non-hydrogen) atoms. The molecule has 0 unspecified atom stereocenters. The van der Waals surface area contributed by atoms with Gasteiger partial charge in [0.2, 0.25) is 11.7 Å². The number of aromatic carboxylic acids is 1. The zero-order valence-corrected chi connectivity index (χ0v) is 12.0. The summed E-state index contributed by atoms with van der Waals surface area (Å²) in [5.74, 6) is -0.740. The number of carboxylic acids is 1. The van der Waals surface area contributed by atoms with Crippen molar-refractivity contribution < 1.29 is 14.3 Å². The van der Waals surface area contributed by atoms with Crippen LogP contribution in [0.25, 0.3) is 11.5 Å². The summed E-state index contributed by atoms with van der Waals surface area (Å²) in [5, 5.41) is 9.09. The Morgan fingerprint density at radius 1 is 1.44 bits per heavy atom. The van der Waals surface area contributed by atoms with Crippen molar-refractivity contribution in [3.05, 3.63) is 39.3 Å². The standard InChI is InChI=1S/C13H12INO3/c1-2-5-10-11(13(16)17)18-12(15-10)8-6-3-4-7-9(8)14/h3-4,6-7H,2,5H2,1H3,(H,16,17). The van der Waals surface area contributed by atoms with E-state index in [1.54, 1.807) is 0 Å². The van der Waals surface area contributed by atoms with Crippen molar-refractivity contribution in [2.24, 2.45) is 0 Å². The zero-order chi connectivity index (χ0) is 13.1. The predicted molar refractivity (Wildman–Crippen MR) is 75.6 cm³/mol. The van der Waals surface area contributed by atoms with Gasteiger partial charge in [-0.3, -0.25) is 0 Å². The molecule has 0 bridgehead atoms. The second-order valence-corrected chi connectivity index (χ2v) is 4.99. The predicted octanol–water partition coefficient (Wildman–Crippen LogP) is 3.60. The van der Waals surface area contributed by atoms with Crippen molar-refractivity contribution in [3.63, 3.8) is 0 Å². The molecule has 1 aromatic carbocycles. The van der Waals surface area contributed by atoms with Crippen LogP contribution in [0.4, 0.5) is 0 Å². The summed E-state index contributed by atoms with van der Waals surface area (Å²) in [6.07, 6.45) is 1.44. The molecule has 94 valence electrons. The van der Waals surface area contributed by atoms with Gasteiger partial charge in [-0.25, -0.2) is 9.78 Å². The van der Waals surface area contributed by atoms with Crippen LogP contribution in [-0.2, 0) is 6.42 Å². The molecule has 4 nitrogen and oxygen atoms in total. The number of aromatic nitrogens is 1. The Morgan fingerprint density at radius 3 is 2.78 bits per heavy atom. The Morgan fingerprint density at radius 2 is 2.17 bits per heavy atom. The van der Waals surface area contributed by atoms with E-state index in [1.165, 1.54) is 0 Å². The van der Waals surface area contributed by atoms with Gasteiger partial charge >= 0.3 is 5.97 Å². The summed E-state index contributed by atoms with van der Waals surface area (Å²) in [7, 11) is 0. The highest BCUT2D eigenvalue weighted by molar-refractivity contribution is 14.1. The smallest absolute Gasteiger partial charge is 0.373 e. The Bertz CT molecular complexity index is 577. The lowest BCUT2D eigenvalue weighted by Gasteiger charge is -1.97. The first-order chi connectivity index (χ1) is 8.63. The minimum Gasteiger partial charge on any atom is -0.475 e. The summed E-state index contributed by atoms with van der Waals surface area (Å²) in [5.41, 5.74) is 1.34. The molecule has 0 spiro atoms. The van der Waals surface area contributed by atoms with Gasteiger partial charge in [0.25, 0.3) is 0 Å². The molecule has 1 heterocycles. The van der Waals surface area contributed by atoms with E-state index >= 15 is 0 Å². The van der Waals surface area contributed by atoms with E-state index in [1.807, 2.05) is 31.2 Å². The fraction of sp³-hybridized carbons (Fsp3) is 0.231. The van der Waals surface area contributed by atoms with Gasteiger partial charge in [0.1, 0.15) is 0 Å². The molecule has 5 heteroatoms. The van der Waals surface area contributed by atoms with Gasteiger partial charge < -0.3 is 9.52 Å². The number of oxazole rings is 1. The monoisotopic (exact) mass is 357 g/mol. The van der Waals surface area contributed by atoms with Crippen molar-refractivity contribution in [2.45, 2.75) is 19.8 Å². The van der Waals surface area contributed by atoms with Gasteiger partial charge in [-0.15, -0.1) is 0 Å². The molecule has 0 saturated heterocycles. The van der Waals surface area contributed by atoms with E-state index in [0.29, 0.717) is 18.0 Å². The minimum atomic E-state index is -1.07. The first-order valence-electron chi connectivity index (χ1n) is 5.61. The zero-order valence-electron chi connectivity index (χ0n) is 9.81. The Kier molecular flexibility index (Phi) is 4.00. The van der Waals surface area contributed by atoms with Crippen LogP contribution >= 0.6 is 22.6 Å². The molecule has 0 fully saturated rings. The number of benzene rings is 1. The van der Waals surface area contributed by atoms with Crippen LogP contribution in [0.1, 0.15) is 29.6 Å². The van der Waals surface area contributed by atoms with Crippen LogP contribution < -0.4 is 0 Å².